The number of ether oxygens (including phenoxy) is 2. The van der Waals surface area contributed by atoms with Crippen molar-refractivity contribution in [1.29, 1.82) is 0 Å². The molecule has 0 amide bonds. The van der Waals surface area contributed by atoms with E-state index in [2.05, 4.69) is 69.2 Å². The molecule has 0 aliphatic rings. The van der Waals surface area contributed by atoms with Crippen LogP contribution in [-0.4, -0.2) is 30.0 Å². The third-order valence-corrected chi connectivity index (χ3v) is 4.60. The van der Waals surface area contributed by atoms with Gasteiger partial charge in [0.25, 0.3) is 0 Å². The summed E-state index contributed by atoms with van der Waals surface area (Å²) < 4.78 is 12.3. The van der Waals surface area contributed by atoms with Gasteiger partial charge in [0.1, 0.15) is 0 Å². The summed E-state index contributed by atoms with van der Waals surface area (Å²) in [6, 6.07) is 0. The van der Waals surface area contributed by atoms with Gasteiger partial charge in [0.05, 0.1) is 24.4 Å². The maximum atomic E-state index is 6.18. The van der Waals surface area contributed by atoms with Crippen molar-refractivity contribution in [3.63, 3.8) is 0 Å². The second-order valence-corrected chi connectivity index (χ2v) is 9.54. The van der Waals surface area contributed by atoms with Gasteiger partial charge < -0.3 is 15.2 Å². The van der Waals surface area contributed by atoms with Crippen molar-refractivity contribution >= 4 is 0 Å². The molecule has 0 aromatic rings. The third-order valence-electron chi connectivity index (χ3n) is 4.60. The van der Waals surface area contributed by atoms with Gasteiger partial charge in [0, 0.05) is 5.54 Å². The Morgan fingerprint density at radius 1 is 0.864 bits per heavy atom. The fourth-order valence-corrected chi connectivity index (χ4v) is 2.31. The monoisotopic (exact) mass is 315 g/mol. The Labute approximate surface area is 139 Å². The van der Waals surface area contributed by atoms with Crippen molar-refractivity contribution in [3.8, 4) is 0 Å². The highest BCUT2D eigenvalue weighted by molar-refractivity contribution is 4.84. The molecule has 0 aromatic carbocycles. The fraction of sp³-hybridized carbons (Fsp3) is 1.00. The minimum Gasteiger partial charge on any atom is -0.375 e. The minimum absolute atomic E-state index is 0.0552. The Hall–Kier alpha value is -0.120. The van der Waals surface area contributed by atoms with Crippen LogP contribution < -0.4 is 5.73 Å². The minimum atomic E-state index is -0.208. The largest absolute Gasteiger partial charge is 0.375 e. The van der Waals surface area contributed by atoms with E-state index >= 15 is 0 Å². The van der Waals surface area contributed by atoms with Gasteiger partial charge in [-0.2, -0.15) is 0 Å². The molecule has 0 bridgehead atoms. The average molecular weight is 316 g/mol. The van der Waals surface area contributed by atoms with E-state index in [0.29, 0.717) is 12.5 Å². The highest BCUT2D eigenvalue weighted by Gasteiger charge is 2.33. The van der Waals surface area contributed by atoms with Crippen LogP contribution in [0.15, 0.2) is 0 Å². The molecule has 0 spiro atoms. The second-order valence-electron chi connectivity index (χ2n) is 9.54. The molecule has 3 nitrogen and oxygen atoms in total. The molecule has 0 saturated carbocycles. The summed E-state index contributed by atoms with van der Waals surface area (Å²) in [4.78, 5) is 0. The molecule has 1 unspecified atom stereocenters. The Morgan fingerprint density at radius 3 is 1.77 bits per heavy atom. The maximum Gasteiger partial charge on any atom is 0.0632 e. The Balaban J connectivity index is 4.49. The van der Waals surface area contributed by atoms with E-state index in [1.807, 2.05) is 0 Å². The SMILES string of the molecule is CCC(C)(C)OCC(C)(C)CC(C)(C)OCC(C)C(C)(C)N. The molecular weight excluding hydrogens is 274 g/mol. The molecule has 0 radical (unpaired) electrons. The third kappa shape index (κ3) is 9.12. The first kappa shape index (κ1) is 21.9. The molecule has 22 heavy (non-hydrogen) atoms. The zero-order chi connectivity index (χ0) is 17.8. The van der Waals surface area contributed by atoms with Crippen molar-refractivity contribution in [1.82, 2.24) is 0 Å². The molecule has 0 aromatic heterocycles. The molecule has 0 fully saturated rings. The Kier molecular flexibility index (Phi) is 7.59. The standard InChI is InChI=1S/C19H41NO2/c1-11-17(5,6)22-14-16(3,4)13-18(7,8)21-12-15(2)19(9,10)20/h15H,11-14,20H2,1-10H3. The molecule has 0 aliphatic heterocycles. The number of hydrogen-bond donors (Lipinski definition) is 1. The number of hydrogen-bond acceptors (Lipinski definition) is 3. The van der Waals surface area contributed by atoms with Gasteiger partial charge in [-0.15, -0.1) is 0 Å². The average Bonchev–Trinajstić information content (AvgIpc) is 2.31. The van der Waals surface area contributed by atoms with E-state index in [1.54, 1.807) is 0 Å². The molecule has 0 heterocycles. The Bertz CT molecular complexity index is 327. The van der Waals surface area contributed by atoms with Crippen molar-refractivity contribution < 1.29 is 9.47 Å². The highest BCUT2D eigenvalue weighted by Crippen LogP contribution is 2.33. The van der Waals surface area contributed by atoms with Crippen molar-refractivity contribution in [2.75, 3.05) is 13.2 Å². The predicted octanol–water partition coefficient (Wildman–Crippen LogP) is 4.78. The van der Waals surface area contributed by atoms with E-state index in [9.17, 15) is 0 Å². The van der Waals surface area contributed by atoms with E-state index < -0.39 is 0 Å². The first-order valence-corrected chi connectivity index (χ1v) is 8.67. The van der Waals surface area contributed by atoms with Crippen LogP contribution >= 0.6 is 0 Å². The van der Waals surface area contributed by atoms with Crippen LogP contribution in [0.2, 0.25) is 0 Å². The molecule has 1 atom stereocenters. The van der Waals surface area contributed by atoms with Crippen LogP contribution in [0.5, 0.6) is 0 Å². The topological polar surface area (TPSA) is 44.5 Å². The van der Waals surface area contributed by atoms with Crippen LogP contribution in [-0.2, 0) is 9.47 Å². The molecule has 0 aliphatic carbocycles. The molecule has 0 rings (SSSR count). The lowest BCUT2D eigenvalue weighted by molar-refractivity contribution is -0.100. The summed E-state index contributed by atoms with van der Waals surface area (Å²) in [5.41, 5.74) is 5.79. The summed E-state index contributed by atoms with van der Waals surface area (Å²) in [7, 11) is 0. The van der Waals surface area contributed by atoms with Gasteiger partial charge in [-0.05, 0) is 65.7 Å². The molecule has 3 heteroatoms. The van der Waals surface area contributed by atoms with Gasteiger partial charge >= 0.3 is 0 Å². The van der Waals surface area contributed by atoms with E-state index in [4.69, 9.17) is 15.2 Å². The second kappa shape index (κ2) is 7.63. The zero-order valence-electron chi connectivity index (χ0n) is 16.8. The summed E-state index contributed by atoms with van der Waals surface area (Å²) in [6.45, 7) is 23.0. The first-order valence-electron chi connectivity index (χ1n) is 8.67. The number of rotatable bonds is 10. The van der Waals surface area contributed by atoms with E-state index in [0.717, 1.165) is 19.4 Å². The number of nitrogens with two attached hydrogens (primary N) is 1. The quantitative estimate of drug-likeness (QED) is 0.631. The highest BCUT2D eigenvalue weighted by atomic mass is 16.5. The van der Waals surface area contributed by atoms with Crippen molar-refractivity contribution in [2.24, 2.45) is 17.1 Å². The maximum absolute atomic E-state index is 6.18. The van der Waals surface area contributed by atoms with Crippen LogP contribution in [0, 0.1) is 11.3 Å². The van der Waals surface area contributed by atoms with Gasteiger partial charge in [0.15, 0.2) is 0 Å². The summed E-state index contributed by atoms with van der Waals surface area (Å²) in [5.74, 6) is 0.324. The molecule has 0 saturated heterocycles. The van der Waals surface area contributed by atoms with Gasteiger partial charge in [-0.25, -0.2) is 0 Å². The molecule has 134 valence electrons. The summed E-state index contributed by atoms with van der Waals surface area (Å²) >= 11 is 0. The summed E-state index contributed by atoms with van der Waals surface area (Å²) in [6.07, 6.45) is 1.98. The van der Waals surface area contributed by atoms with Crippen LogP contribution in [0.25, 0.3) is 0 Å². The summed E-state index contributed by atoms with van der Waals surface area (Å²) in [5, 5.41) is 0. The van der Waals surface area contributed by atoms with E-state index in [-0.39, 0.29) is 22.2 Å². The van der Waals surface area contributed by atoms with Crippen molar-refractivity contribution in [3.05, 3.63) is 0 Å². The van der Waals surface area contributed by atoms with Crippen molar-refractivity contribution in [2.45, 2.75) is 98.8 Å². The van der Waals surface area contributed by atoms with E-state index in [1.165, 1.54) is 0 Å². The normalized spacial score (nSPS) is 16.0. The lowest BCUT2D eigenvalue weighted by Crippen LogP contribution is -2.44. The van der Waals surface area contributed by atoms with Crippen LogP contribution in [0.4, 0.5) is 0 Å². The van der Waals surface area contributed by atoms with Crippen LogP contribution in [0.1, 0.15) is 82.1 Å². The lowest BCUT2D eigenvalue weighted by atomic mass is 9.82. The van der Waals surface area contributed by atoms with Gasteiger partial charge in [-0.3, -0.25) is 0 Å². The molecular formula is C19H41NO2. The van der Waals surface area contributed by atoms with Gasteiger partial charge in [-0.1, -0.05) is 27.7 Å². The molecule has 2 N–H and O–H groups in total. The first-order chi connectivity index (χ1) is 9.60. The smallest absolute Gasteiger partial charge is 0.0632 e. The zero-order valence-corrected chi connectivity index (χ0v) is 16.8. The van der Waals surface area contributed by atoms with Gasteiger partial charge in [0.2, 0.25) is 0 Å². The lowest BCUT2D eigenvalue weighted by Gasteiger charge is -2.38. The predicted molar refractivity (Wildman–Crippen MR) is 96.2 cm³/mol. The van der Waals surface area contributed by atoms with Crippen LogP contribution in [0.3, 0.4) is 0 Å². The fourth-order valence-electron chi connectivity index (χ4n) is 2.31. The Morgan fingerprint density at radius 2 is 1.36 bits per heavy atom.